The fourth-order valence-electron chi connectivity index (χ4n) is 2.49. The molecule has 1 heterocycles. The SMILES string of the molecule is CC(C)c1ccc(C(=O)N2CCC(O)(C(=O)O)CC2)cc1. The number of carboxylic acid groups (broad SMARTS) is 1. The lowest BCUT2D eigenvalue weighted by molar-refractivity contribution is -0.162. The van der Waals surface area contributed by atoms with E-state index in [-0.39, 0.29) is 31.8 Å². The quantitative estimate of drug-likeness (QED) is 0.891. The molecule has 1 aliphatic rings. The van der Waals surface area contributed by atoms with Gasteiger partial charge in [-0.05, 0) is 23.6 Å². The Kier molecular flexibility index (Phi) is 4.32. The summed E-state index contributed by atoms with van der Waals surface area (Å²) < 4.78 is 0. The molecule has 0 saturated carbocycles. The Balaban J connectivity index is 2.03. The van der Waals surface area contributed by atoms with Crippen LogP contribution in [0.15, 0.2) is 24.3 Å². The molecule has 1 saturated heterocycles. The van der Waals surface area contributed by atoms with E-state index in [1.165, 1.54) is 5.56 Å². The van der Waals surface area contributed by atoms with Crippen LogP contribution in [0.2, 0.25) is 0 Å². The van der Waals surface area contributed by atoms with Crippen LogP contribution in [0.5, 0.6) is 0 Å². The third-order valence-electron chi connectivity index (χ3n) is 4.10. The van der Waals surface area contributed by atoms with Gasteiger partial charge in [0, 0.05) is 31.5 Å². The van der Waals surface area contributed by atoms with Gasteiger partial charge in [-0.1, -0.05) is 26.0 Å². The maximum Gasteiger partial charge on any atom is 0.335 e. The van der Waals surface area contributed by atoms with Crippen LogP contribution in [0, 0.1) is 0 Å². The van der Waals surface area contributed by atoms with Gasteiger partial charge in [-0.25, -0.2) is 4.79 Å². The number of rotatable bonds is 3. The molecule has 21 heavy (non-hydrogen) atoms. The molecule has 1 aromatic carbocycles. The molecule has 1 amide bonds. The minimum absolute atomic E-state index is 0.0676. The first-order valence-electron chi connectivity index (χ1n) is 7.18. The van der Waals surface area contributed by atoms with Crippen LogP contribution in [0.1, 0.15) is 48.5 Å². The van der Waals surface area contributed by atoms with Gasteiger partial charge in [-0.3, -0.25) is 4.79 Å². The van der Waals surface area contributed by atoms with E-state index in [9.17, 15) is 14.7 Å². The zero-order valence-corrected chi connectivity index (χ0v) is 12.4. The summed E-state index contributed by atoms with van der Waals surface area (Å²) in [6.45, 7) is 4.70. The molecule has 0 bridgehead atoms. The second-order valence-corrected chi connectivity index (χ2v) is 5.91. The number of hydrogen-bond donors (Lipinski definition) is 2. The minimum Gasteiger partial charge on any atom is -0.479 e. The molecule has 2 rings (SSSR count). The summed E-state index contributed by atoms with van der Waals surface area (Å²) in [6, 6.07) is 7.48. The van der Waals surface area contributed by atoms with E-state index in [1.54, 1.807) is 17.0 Å². The van der Waals surface area contributed by atoms with Gasteiger partial charge in [0.15, 0.2) is 5.60 Å². The highest BCUT2D eigenvalue weighted by Gasteiger charge is 2.40. The molecule has 0 aliphatic carbocycles. The number of aliphatic hydroxyl groups is 1. The van der Waals surface area contributed by atoms with Gasteiger partial charge >= 0.3 is 5.97 Å². The molecule has 114 valence electrons. The second-order valence-electron chi connectivity index (χ2n) is 5.91. The van der Waals surface area contributed by atoms with Crippen LogP contribution in [0.3, 0.4) is 0 Å². The maximum atomic E-state index is 12.4. The Morgan fingerprint density at radius 2 is 1.67 bits per heavy atom. The van der Waals surface area contributed by atoms with E-state index in [0.717, 1.165) is 0 Å². The summed E-state index contributed by atoms with van der Waals surface area (Å²) in [5, 5.41) is 18.8. The number of aliphatic carboxylic acids is 1. The lowest BCUT2D eigenvalue weighted by Crippen LogP contribution is -2.50. The summed E-state index contributed by atoms with van der Waals surface area (Å²) in [5.41, 5.74) is 0.0729. The molecular formula is C16H21NO4. The Bertz CT molecular complexity index is 528. The number of hydrogen-bond acceptors (Lipinski definition) is 3. The predicted molar refractivity (Wildman–Crippen MR) is 78.3 cm³/mol. The third kappa shape index (κ3) is 3.24. The van der Waals surface area contributed by atoms with Crippen molar-refractivity contribution in [2.75, 3.05) is 13.1 Å². The summed E-state index contributed by atoms with van der Waals surface area (Å²) in [5.74, 6) is -0.914. The number of carbonyl (C=O) groups excluding carboxylic acids is 1. The van der Waals surface area contributed by atoms with Crippen molar-refractivity contribution in [1.82, 2.24) is 4.90 Å². The van der Waals surface area contributed by atoms with E-state index in [1.807, 2.05) is 12.1 Å². The number of likely N-dealkylation sites (tertiary alicyclic amines) is 1. The largest absolute Gasteiger partial charge is 0.479 e. The highest BCUT2D eigenvalue weighted by Crippen LogP contribution is 2.24. The third-order valence-corrected chi connectivity index (χ3v) is 4.10. The topological polar surface area (TPSA) is 77.8 Å². The zero-order chi connectivity index (χ0) is 15.6. The minimum atomic E-state index is -1.70. The van der Waals surface area contributed by atoms with Crippen LogP contribution in [-0.2, 0) is 4.79 Å². The Labute approximate surface area is 124 Å². The molecule has 0 aromatic heterocycles. The van der Waals surface area contributed by atoms with Crippen molar-refractivity contribution < 1.29 is 19.8 Å². The first-order chi connectivity index (χ1) is 9.83. The number of amides is 1. The van der Waals surface area contributed by atoms with E-state index in [0.29, 0.717) is 11.5 Å². The average Bonchev–Trinajstić information content (AvgIpc) is 2.47. The standard InChI is InChI=1S/C16H21NO4/c1-11(2)12-3-5-13(6-4-12)14(18)17-9-7-16(21,8-10-17)15(19)20/h3-6,11,21H,7-10H2,1-2H3,(H,19,20). The van der Waals surface area contributed by atoms with Crippen LogP contribution >= 0.6 is 0 Å². The highest BCUT2D eigenvalue weighted by molar-refractivity contribution is 5.94. The van der Waals surface area contributed by atoms with Crippen LogP contribution in [-0.4, -0.2) is 45.7 Å². The van der Waals surface area contributed by atoms with Crippen molar-refractivity contribution in [3.8, 4) is 0 Å². The monoisotopic (exact) mass is 291 g/mol. The predicted octanol–water partition coefficient (Wildman–Crippen LogP) is 1.86. The highest BCUT2D eigenvalue weighted by atomic mass is 16.4. The molecule has 1 aromatic rings. The van der Waals surface area contributed by atoms with E-state index >= 15 is 0 Å². The van der Waals surface area contributed by atoms with Gasteiger partial charge in [0.25, 0.3) is 5.91 Å². The van der Waals surface area contributed by atoms with Gasteiger partial charge in [0.2, 0.25) is 0 Å². The van der Waals surface area contributed by atoms with Gasteiger partial charge in [0.05, 0.1) is 0 Å². The fourth-order valence-corrected chi connectivity index (χ4v) is 2.49. The zero-order valence-electron chi connectivity index (χ0n) is 12.4. The fraction of sp³-hybridized carbons (Fsp3) is 0.500. The van der Waals surface area contributed by atoms with Crippen LogP contribution in [0.4, 0.5) is 0 Å². The van der Waals surface area contributed by atoms with Gasteiger partial charge < -0.3 is 15.1 Å². The van der Waals surface area contributed by atoms with E-state index < -0.39 is 11.6 Å². The Morgan fingerprint density at radius 3 is 2.10 bits per heavy atom. The summed E-state index contributed by atoms with van der Waals surface area (Å²) >= 11 is 0. The molecule has 0 atom stereocenters. The number of carboxylic acids is 1. The van der Waals surface area contributed by atoms with Gasteiger partial charge in [-0.2, -0.15) is 0 Å². The van der Waals surface area contributed by atoms with Crippen molar-refractivity contribution in [3.05, 3.63) is 35.4 Å². The molecular weight excluding hydrogens is 270 g/mol. The van der Waals surface area contributed by atoms with E-state index in [4.69, 9.17) is 5.11 Å². The molecule has 5 heteroatoms. The van der Waals surface area contributed by atoms with Crippen molar-refractivity contribution in [2.45, 2.75) is 38.2 Å². The van der Waals surface area contributed by atoms with Crippen molar-refractivity contribution >= 4 is 11.9 Å². The van der Waals surface area contributed by atoms with Gasteiger partial charge in [0.1, 0.15) is 0 Å². The van der Waals surface area contributed by atoms with Crippen molar-refractivity contribution in [2.24, 2.45) is 0 Å². The van der Waals surface area contributed by atoms with Crippen LogP contribution < -0.4 is 0 Å². The summed E-state index contributed by atoms with van der Waals surface area (Å²) in [4.78, 5) is 24.9. The number of benzene rings is 1. The Morgan fingerprint density at radius 1 is 1.14 bits per heavy atom. The number of carbonyl (C=O) groups is 2. The lowest BCUT2D eigenvalue weighted by Gasteiger charge is -2.35. The van der Waals surface area contributed by atoms with E-state index in [2.05, 4.69) is 13.8 Å². The summed E-state index contributed by atoms with van der Waals surface area (Å²) in [6.07, 6.45) is 0.135. The number of piperidine rings is 1. The average molecular weight is 291 g/mol. The Hall–Kier alpha value is -1.88. The molecule has 1 fully saturated rings. The van der Waals surface area contributed by atoms with Crippen molar-refractivity contribution in [3.63, 3.8) is 0 Å². The molecule has 2 N–H and O–H groups in total. The number of nitrogens with zero attached hydrogens (tertiary/aromatic N) is 1. The first kappa shape index (κ1) is 15.5. The molecule has 0 unspecified atom stereocenters. The molecule has 0 radical (unpaired) electrons. The lowest BCUT2D eigenvalue weighted by atomic mass is 9.91. The smallest absolute Gasteiger partial charge is 0.335 e. The first-order valence-corrected chi connectivity index (χ1v) is 7.18. The normalized spacial score (nSPS) is 17.8. The summed E-state index contributed by atoms with van der Waals surface area (Å²) in [7, 11) is 0. The second kappa shape index (κ2) is 5.85. The van der Waals surface area contributed by atoms with Gasteiger partial charge in [-0.15, -0.1) is 0 Å². The molecule has 1 aliphatic heterocycles. The molecule has 0 spiro atoms. The maximum absolute atomic E-state index is 12.4. The molecule has 5 nitrogen and oxygen atoms in total. The van der Waals surface area contributed by atoms with Crippen molar-refractivity contribution in [1.29, 1.82) is 0 Å². The van der Waals surface area contributed by atoms with Crippen LogP contribution in [0.25, 0.3) is 0 Å².